The van der Waals surface area contributed by atoms with Crippen LogP contribution in [-0.2, 0) is 0 Å². The second-order valence-corrected chi connectivity index (χ2v) is 3.50. The molecule has 0 amide bonds. The van der Waals surface area contributed by atoms with Crippen molar-refractivity contribution >= 4 is 0 Å². The number of hydrogen-bond acceptors (Lipinski definition) is 3. The lowest BCUT2D eigenvalue weighted by Gasteiger charge is -2.15. The monoisotopic (exact) mass is 211 g/mol. The summed E-state index contributed by atoms with van der Waals surface area (Å²) in [6.07, 6.45) is 1.06. The fourth-order valence-corrected chi connectivity index (χ4v) is 1.69. The van der Waals surface area contributed by atoms with E-state index in [4.69, 9.17) is 9.47 Å². The van der Waals surface area contributed by atoms with Gasteiger partial charge < -0.3 is 14.8 Å². The summed E-state index contributed by atoms with van der Waals surface area (Å²) in [7, 11) is 1.44. The molecule has 82 valence electrons. The van der Waals surface area contributed by atoms with Crippen molar-refractivity contribution in [3.63, 3.8) is 0 Å². The van der Waals surface area contributed by atoms with Gasteiger partial charge in [-0.1, -0.05) is 6.07 Å². The van der Waals surface area contributed by atoms with Crippen LogP contribution in [0.25, 0.3) is 0 Å². The van der Waals surface area contributed by atoms with Gasteiger partial charge in [-0.05, 0) is 25.1 Å². The molecule has 1 saturated heterocycles. The van der Waals surface area contributed by atoms with Crippen molar-refractivity contribution in [3.8, 4) is 11.5 Å². The minimum Gasteiger partial charge on any atom is -0.490 e. The van der Waals surface area contributed by atoms with Gasteiger partial charge in [-0.25, -0.2) is 4.39 Å². The molecular weight excluding hydrogens is 197 g/mol. The van der Waals surface area contributed by atoms with Gasteiger partial charge in [0.05, 0.1) is 7.11 Å². The molecular formula is C11H14FNO2. The molecule has 4 heteroatoms. The van der Waals surface area contributed by atoms with Crippen molar-refractivity contribution in [3.05, 3.63) is 24.0 Å². The highest BCUT2D eigenvalue weighted by molar-refractivity contribution is 5.41. The minimum atomic E-state index is -0.388. The Morgan fingerprint density at radius 1 is 1.47 bits per heavy atom. The summed E-state index contributed by atoms with van der Waals surface area (Å²) in [5.74, 6) is 0.275. The highest BCUT2D eigenvalue weighted by Crippen LogP contribution is 2.30. The smallest absolute Gasteiger partial charge is 0.196 e. The van der Waals surface area contributed by atoms with E-state index in [0.29, 0.717) is 5.75 Å². The highest BCUT2D eigenvalue weighted by atomic mass is 19.1. The molecule has 1 unspecified atom stereocenters. The third-order valence-electron chi connectivity index (χ3n) is 2.44. The van der Waals surface area contributed by atoms with Crippen molar-refractivity contribution in [2.45, 2.75) is 12.5 Å². The number of para-hydroxylation sites is 1. The maximum atomic E-state index is 13.3. The lowest BCUT2D eigenvalue weighted by molar-refractivity contribution is 0.210. The third-order valence-corrected chi connectivity index (χ3v) is 2.44. The molecule has 0 radical (unpaired) electrons. The van der Waals surface area contributed by atoms with Gasteiger partial charge in [0.15, 0.2) is 17.3 Å². The summed E-state index contributed by atoms with van der Waals surface area (Å²) < 4.78 is 23.9. The number of hydrogen-bond donors (Lipinski definition) is 1. The molecule has 0 aromatic heterocycles. The number of benzene rings is 1. The Balaban J connectivity index is 2.15. The molecule has 1 aromatic carbocycles. The van der Waals surface area contributed by atoms with Crippen LogP contribution >= 0.6 is 0 Å². The van der Waals surface area contributed by atoms with Gasteiger partial charge in [0, 0.05) is 6.54 Å². The van der Waals surface area contributed by atoms with E-state index in [1.807, 2.05) is 0 Å². The van der Waals surface area contributed by atoms with Crippen molar-refractivity contribution < 1.29 is 13.9 Å². The highest BCUT2D eigenvalue weighted by Gasteiger charge is 2.19. The predicted octanol–water partition coefficient (Wildman–Crippen LogP) is 1.57. The van der Waals surface area contributed by atoms with E-state index in [1.165, 1.54) is 13.2 Å². The van der Waals surface area contributed by atoms with Gasteiger partial charge in [0.1, 0.15) is 6.10 Å². The average Bonchev–Trinajstić information content (AvgIpc) is 2.71. The molecule has 2 rings (SSSR count). The van der Waals surface area contributed by atoms with Crippen molar-refractivity contribution in [1.82, 2.24) is 5.32 Å². The largest absolute Gasteiger partial charge is 0.490 e. The van der Waals surface area contributed by atoms with Crippen LogP contribution in [0.2, 0.25) is 0 Å². The summed E-state index contributed by atoms with van der Waals surface area (Å²) >= 11 is 0. The molecule has 0 spiro atoms. The second-order valence-electron chi connectivity index (χ2n) is 3.50. The van der Waals surface area contributed by atoms with Crippen molar-refractivity contribution in [2.24, 2.45) is 0 Å². The lowest BCUT2D eigenvalue weighted by atomic mass is 10.3. The molecule has 3 nitrogen and oxygen atoms in total. The van der Waals surface area contributed by atoms with Crippen LogP contribution in [0, 0.1) is 5.82 Å². The fourth-order valence-electron chi connectivity index (χ4n) is 1.69. The average molecular weight is 211 g/mol. The summed E-state index contributed by atoms with van der Waals surface area (Å²) in [5, 5.41) is 3.19. The van der Waals surface area contributed by atoms with Crippen molar-refractivity contribution in [2.75, 3.05) is 20.2 Å². The molecule has 0 saturated carbocycles. The minimum absolute atomic E-state index is 0.112. The Bertz CT molecular complexity index is 337. The van der Waals surface area contributed by atoms with E-state index >= 15 is 0 Å². The standard InChI is InChI=1S/C11H14FNO2/c1-14-11-9(12)3-2-4-10(11)15-8-5-6-13-7-8/h2-4,8,13H,5-7H2,1H3. The van der Waals surface area contributed by atoms with Crippen molar-refractivity contribution in [1.29, 1.82) is 0 Å². The Labute approximate surface area is 88.2 Å². The SMILES string of the molecule is COc1c(F)cccc1OC1CCNC1. The number of nitrogens with one attached hydrogen (secondary N) is 1. The maximum absolute atomic E-state index is 13.3. The van der Waals surface area contributed by atoms with Gasteiger partial charge in [0.25, 0.3) is 0 Å². The summed E-state index contributed by atoms with van der Waals surface area (Å²) in [4.78, 5) is 0. The zero-order chi connectivity index (χ0) is 10.7. The van der Waals surface area contributed by atoms with E-state index in [9.17, 15) is 4.39 Å². The lowest BCUT2D eigenvalue weighted by Crippen LogP contribution is -2.19. The van der Waals surface area contributed by atoms with Crippen LogP contribution in [0.15, 0.2) is 18.2 Å². The predicted molar refractivity (Wildman–Crippen MR) is 54.9 cm³/mol. The molecule has 1 aliphatic rings. The molecule has 1 heterocycles. The Morgan fingerprint density at radius 3 is 3.00 bits per heavy atom. The van der Waals surface area contributed by atoms with Gasteiger partial charge in [0.2, 0.25) is 0 Å². The van der Waals surface area contributed by atoms with Gasteiger partial charge in [-0.15, -0.1) is 0 Å². The first-order valence-corrected chi connectivity index (χ1v) is 5.01. The summed E-state index contributed by atoms with van der Waals surface area (Å²) in [5.41, 5.74) is 0. The van der Waals surface area contributed by atoms with Gasteiger partial charge >= 0.3 is 0 Å². The van der Waals surface area contributed by atoms with E-state index < -0.39 is 0 Å². The number of methoxy groups -OCH3 is 1. The molecule has 0 bridgehead atoms. The zero-order valence-corrected chi connectivity index (χ0v) is 8.63. The molecule has 1 N–H and O–H groups in total. The molecule has 1 aromatic rings. The van der Waals surface area contributed by atoms with E-state index in [1.54, 1.807) is 12.1 Å². The van der Waals surface area contributed by atoms with Crippen LogP contribution in [0.3, 0.4) is 0 Å². The molecule has 1 fully saturated rings. The van der Waals surface area contributed by atoms with Gasteiger partial charge in [-0.3, -0.25) is 0 Å². The summed E-state index contributed by atoms with van der Waals surface area (Å²) in [6, 6.07) is 4.70. The first-order chi connectivity index (χ1) is 7.31. The summed E-state index contributed by atoms with van der Waals surface area (Å²) in [6.45, 7) is 1.75. The van der Waals surface area contributed by atoms with Crippen LogP contribution in [0.1, 0.15) is 6.42 Å². The van der Waals surface area contributed by atoms with Crippen LogP contribution < -0.4 is 14.8 Å². The number of rotatable bonds is 3. The topological polar surface area (TPSA) is 30.5 Å². The van der Waals surface area contributed by atoms with E-state index in [0.717, 1.165) is 19.5 Å². The second kappa shape index (κ2) is 4.49. The molecule has 0 aliphatic carbocycles. The van der Waals surface area contributed by atoms with Gasteiger partial charge in [-0.2, -0.15) is 0 Å². The molecule has 1 aliphatic heterocycles. The fraction of sp³-hybridized carbons (Fsp3) is 0.455. The van der Waals surface area contributed by atoms with E-state index in [-0.39, 0.29) is 17.7 Å². The van der Waals surface area contributed by atoms with E-state index in [2.05, 4.69) is 5.32 Å². The van der Waals surface area contributed by atoms with Crippen LogP contribution in [-0.4, -0.2) is 26.3 Å². The quantitative estimate of drug-likeness (QED) is 0.823. The number of ether oxygens (including phenoxy) is 2. The Morgan fingerprint density at radius 2 is 2.33 bits per heavy atom. The molecule has 15 heavy (non-hydrogen) atoms. The first-order valence-electron chi connectivity index (χ1n) is 5.01. The Hall–Kier alpha value is -1.29. The maximum Gasteiger partial charge on any atom is 0.196 e. The van der Waals surface area contributed by atoms with Crippen LogP contribution in [0.4, 0.5) is 4.39 Å². The number of halogens is 1. The Kier molecular flexibility index (Phi) is 3.06. The first kappa shape index (κ1) is 10.2. The van der Waals surface area contributed by atoms with Crippen LogP contribution in [0.5, 0.6) is 11.5 Å². The molecule has 1 atom stereocenters. The normalized spacial score (nSPS) is 20.3. The third kappa shape index (κ3) is 2.21. The zero-order valence-electron chi connectivity index (χ0n) is 8.63.